The van der Waals surface area contributed by atoms with E-state index in [9.17, 15) is 39.9 Å². The zero-order chi connectivity index (χ0) is 40.9. The number of hydrogen-bond acceptors (Lipinski definition) is 10. The molecule has 2 aliphatic heterocycles. The van der Waals surface area contributed by atoms with Crippen molar-refractivity contribution in [3.05, 3.63) is 101 Å². The summed E-state index contributed by atoms with van der Waals surface area (Å²) in [7, 11) is 0. The van der Waals surface area contributed by atoms with Crippen LogP contribution < -0.4 is 9.64 Å². The third-order valence-corrected chi connectivity index (χ3v) is 11.6. The van der Waals surface area contributed by atoms with Gasteiger partial charge in [0.25, 0.3) is 5.79 Å². The van der Waals surface area contributed by atoms with Gasteiger partial charge in [-0.3, -0.25) is 9.59 Å². The molecule has 5 atom stereocenters. The molecular weight excluding hydrogens is 773 g/mol. The molecule has 0 radical (unpaired) electrons. The van der Waals surface area contributed by atoms with E-state index in [0.29, 0.717) is 29.3 Å². The zero-order valence-electron chi connectivity index (χ0n) is 31.1. The highest BCUT2D eigenvalue weighted by Gasteiger charge is 2.59. The van der Waals surface area contributed by atoms with Gasteiger partial charge >= 0.3 is 5.97 Å². The molecule has 13 nitrogen and oxygen atoms in total. The molecule has 1 aliphatic carbocycles. The average molecular weight is 814 g/mol. The fraction of sp³-hybridized carbons (Fsp3) is 0.349. The van der Waals surface area contributed by atoms with E-state index < -0.39 is 47.8 Å². The maximum Gasteiger partial charge on any atom is 0.335 e. The van der Waals surface area contributed by atoms with E-state index in [1.807, 2.05) is 34.9 Å². The summed E-state index contributed by atoms with van der Waals surface area (Å²) in [6, 6.07) is 21.8. The third kappa shape index (κ3) is 7.25. The number of carboxylic acid groups (broad SMARTS) is 1. The first kappa shape index (κ1) is 39.6. The molecule has 3 heterocycles. The molecule has 3 aliphatic rings. The molecule has 1 amide bonds. The van der Waals surface area contributed by atoms with Gasteiger partial charge < -0.3 is 44.5 Å². The van der Waals surface area contributed by atoms with Crippen molar-refractivity contribution < 1.29 is 53.8 Å². The minimum atomic E-state index is -3.21. The van der Waals surface area contributed by atoms with Crippen LogP contribution in [0.5, 0.6) is 5.75 Å². The molecule has 5 aromatic rings. The van der Waals surface area contributed by atoms with Crippen LogP contribution in [0.25, 0.3) is 33.5 Å². The SMILES string of the molecule is O=C(O)[C@H]1O[C@](O)(C(=O)c2ccc3c(c2)nc(-c2ccc(OCc4cc(N5CCCC5=O)ccc4-c4ccc(Cl)cc4)cc2F)n3C2CCCCC2)[C@H](O)[C@@H](O)[C@@H]1O. The molecule has 0 unspecified atom stereocenters. The highest BCUT2D eigenvalue weighted by molar-refractivity contribution is 6.30. The van der Waals surface area contributed by atoms with E-state index in [-0.39, 0.29) is 40.9 Å². The summed E-state index contributed by atoms with van der Waals surface area (Å²) < 4.78 is 29.5. The molecule has 0 bridgehead atoms. The second kappa shape index (κ2) is 15.9. The van der Waals surface area contributed by atoms with Crippen molar-refractivity contribution in [2.75, 3.05) is 11.4 Å². The van der Waals surface area contributed by atoms with Gasteiger partial charge in [0.1, 0.15) is 42.3 Å². The summed E-state index contributed by atoms with van der Waals surface area (Å²) in [4.78, 5) is 44.5. The first-order valence-electron chi connectivity index (χ1n) is 19.2. The molecule has 15 heteroatoms. The highest BCUT2D eigenvalue weighted by atomic mass is 35.5. The van der Waals surface area contributed by atoms with E-state index in [0.717, 1.165) is 60.9 Å². The zero-order valence-corrected chi connectivity index (χ0v) is 31.9. The summed E-state index contributed by atoms with van der Waals surface area (Å²) in [5.41, 5.74) is 4.06. The molecule has 1 saturated carbocycles. The second-order valence-corrected chi connectivity index (χ2v) is 15.5. The molecule has 8 rings (SSSR count). The number of amides is 1. The maximum atomic E-state index is 16.3. The minimum absolute atomic E-state index is 0.0488. The number of ketones is 1. The van der Waals surface area contributed by atoms with Crippen LogP contribution >= 0.6 is 11.6 Å². The lowest BCUT2D eigenvalue weighted by atomic mass is 9.87. The number of ether oxygens (including phenoxy) is 2. The van der Waals surface area contributed by atoms with Gasteiger partial charge in [0.2, 0.25) is 11.7 Å². The number of carboxylic acids is 1. The van der Waals surface area contributed by atoms with Gasteiger partial charge in [-0.2, -0.15) is 0 Å². The van der Waals surface area contributed by atoms with Gasteiger partial charge in [-0.25, -0.2) is 14.2 Å². The molecule has 58 heavy (non-hydrogen) atoms. The smallest absolute Gasteiger partial charge is 0.335 e. The second-order valence-electron chi connectivity index (χ2n) is 15.1. The number of hydrogen-bond donors (Lipinski definition) is 5. The number of imidazole rings is 1. The molecule has 0 spiro atoms. The van der Waals surface area contributed by atoms with Gasteiger partial charge in [0.15, 0.2) is 6.10 Å². The van der Waals surface area contributed by atoms with Crippen LogP contribution in [0.1, 0.15) is 66.9 Å². The highest BCUT2D eigenvalue weighted by Crippen LogP contribution is 2.39. The lowest BCUT2D eigenvalue weighted by Crippen LogP contribution is -2.68. The summed E-state index contributed by atoms with van der Waals surface area (Å²) in [5.74, 6) is -6.26. The number of nitrogens with zero attached hydrogens (tertiary/aromatic N) is 3. The van der Waals surface area contributed by atoms with Crippen molar-refractivity contribution in [2.24, 2.45) is 0 Å². The van der Waals surface area contributed by atoms with Crippen molar-refractivity contribution >= 4 is 46.0 Å². The largest absolute Gasteiger partial charge is 0.489 e. The molecule has 302 valence electrons. The molecule has 1 aromatic heterocycles. The van der Waals surface area contributed by atoms with Gasteiger partial charge in [-0.05, 0) is 90.6 Å². The molecular formula is C43H41ClFN3O10. The number of aliphatic hydroxyl groups is 4. The third-order valence-electron chi connectivity index (χ3n) is 11.4. The standard InChI is InChI=1S/C43H41ClFN3O10/c44-26-11-8-23(9-12-26)30-15-13-28(47-18-4-7-35(47)49)19-25(30)22-57-29-14-16-31(32(45)21-29)41-46-33-20-24(10-17-34(33)48(41)27-5-2-1-3-6-27)39(52)43(56)40(53)37(51)36(50)38(58-43)42(54)55/h8-17,19-21,27,36-38,40,50-51,53,56H,1-7,18,22H2,(H,54,55)/t36-,37-,38-,40+,43+/m0/s1. The van der Waals surface area contributed by atoms with Crippen molar-refractivity contribution in [2.45, 2.75) is 87.8 Å². The number of Topliss-reactive ketones (excluding diaryl/α,β-unsaturated/α-hetero) is 1. The topological polar surface area (TPSA) is 192 Å². The summed E-state index contributed by atoms with van der Waals surface area (Å²) >= 11 is 6.16. The average Bonchev–Trinajstić information content (AvgIpc) is 3.83. The van der Waals surface area contributed by atoms with E-state index in [1.54, 1.807) is 35.2 Å². The monoisotopic (exact) mass is 813 g/mol. The predicted octanol–water partition coefficient (Wildman–Crippen LogP) is 5.81. The number of carbonyl (C=O) groups is 3. The minimum Gasteiger partial charge on any atom is -0.489 e. The maximum absolute atomic E-state index is 16.3. The lowest BCUT2D eigenvalue weighted by Gasteiger charge is -2.43. The number of benzene rings is 4. The van der Waals surface area contributed by atoms with Crippen LogP contribution in [0, 0.1) is 5.82 Å². The normalized spacial score (nSPS) is 24.0. The lowest BCUT2D eigenvalue weighted by molar-refractivity contribution is -0.314. The number of anilines is 1. The van der Waals surface area contributed by atoms with Gasteiger partial charge in [0.05, 0.1) is 16.6 Å². The molecule has 3 fully saturated rings. The van der Waals surface area contributed by atoms with Gasteiger partial charge in [-0.1, -0.05) is 49.1 Å². The van der Waals surface area contributed by atoms with E-state index in [1.165, 1.54) is 18.2 Å². The van der Waals surface area contributed by atoms with Crippen molar-refractivity contribution in [1.29, 1.82) is 0 Å². The van der Waals surface area contributed by atoms with Crippen molar-refractivity contribution in [1.82, 2.24) is 9.55 Å². The first-order chi connectivity index (χ1) is 27.8. The van der Waals surface area contributed by atoms with Crippen molar-refractivity contribution in [3.8, 4) is 28.3 Å². The predicted molar refractivity (Wildman–Crippen MR) is 210 cm³/mol. The van der Waals surface area contributed by atoms with Gasteiger partial charge in [-0.15, -0.1) is 0 Å². The first-order valence-corrected chi connectivity index (χ1v) is 19.6. The Morgan fingerprint density at radius 3 is 2.34 bits per heavy atom. The number of aliphatic hydroxyl groups excluding tert-OH is 3. The summed E-state index contributed by atoms with van der Waals surface area (Å²) in [6.07, 6.45) is -3.11. The fourth-order valence-electron chi connectivity index (χ4n) is 8.29. The Labute approximate surface area is 336 Å². The number of rotatable bonds is 10. The van der Waals surface area contributed by atoms with Crippen LogP contribution in [0.2, 0.25) is 5.02 Å². The number of aromatic nitrogens is 2. The van der Waals surface area contributed by atoms with Gasteiger partial charge in [0, 0.05) is 41.3 Å². The van der Waals surface area contributed by atoms with E-state index in [4.69, 9.17) is 26.1 Å². The molecule has 5 N–H and O–H groups in total. The van der Waals surface area contributed by atoms with Crippen LogP contribution in [-0.4, -0.2) is 89.5 Å². The quantitative estimate of drug-likeness (QED) is 0.107. The van der Waals surface area contributed by atoms with Crippen LogP contribution in [0.15, 0.2) is 78.9 Å². The van der Waals surface area contributed by atoms with E-state index in [2.05, 4.69) is 0 Å². The summed E-state index contributed by atoms with van der Waals surface area (Å²) in [5, 5.41) is 52.2. The van der Waals surface area contributed by atoms with Crippen molar-refractivity contribution in [3.63, 3.8) is 0 Å². The number of aliphatic carboxylic acids is 1. The van der Waals surface area contributed by atoms with Crippen LogP contribution in [0.3, 0.4) is 0 Å². The number of fused-ring (bicyclic) bond motifs is 1. The Morgan fingerprint density at radius 2 is 1.66 bits per heavy atom. The Balaban J connectivity index is 1.11. The Bertz CT molecular complexity index is 2400. The molecule has 2 saturated heterocycles. The van der Waals surface area contributed by atoms with Crippen LogP contribution in [-0.2, 0) is 20.9 Å². The van der Waals surface area contributed by atoms with E-state index >= 15 is 4.39 Å². The number of carbonyl (C=O) groups excluding carboxylic acids is 2. The number of halogens is 2. The summed E-state index contributed by atoms with van der Waals surface area (Å²) in [6.45, 7) is 0.690. The Morgan fingerprint density at radius 1 is 0.914 bits per heavy atom. The van der Waals surface area contributed by atoms with Crippen LogP contribution in [0.4, 0.5) is 10.1 Å². The fourth-order valence-corrected chi connectivity index (χ4v) is 8.41. The Hall–Kier alpha value is -5.22. The Kier molecular flexibility index (Phi) is 10.8. The molecule has 4 aromatic carbocycles.